The summed E-state index contributed by atoms with van der Waals surface area (Å²) in [5.74, 6) is 0.703. The van der Waals surface area contributed by atoms with Gasteiger partial charge in [0.25, 0.3) is 5.56 Å². The molecule has 1 aliphatic heterocycles. The molecule has 0 radical (unpaired) electrons. The smallest absolute Gasteiger partial charge is 0.411 e. The summed E-state index contributed by atoms with van der Waals surface area (Å²) >= 11 is 6.31. The van der Waals surface area contributed by atoms with Gasteiger partial charge >= 0.3 is 6.09 Å². The van der Waals surface area contributed by atoms with Crippen LogP contribution in [0, 0.1) is 0 Å². The van der Waals surface area contributed by atoms with E-state index in [4.69, 9.17) is 21.1 Å². The van der Waals surface area contributed by atoms with Gasteiger partial charge in [-0.3, -0.25) is 10.1 Å². The van der Waals surface area contributed by atoms with Crippen molar-refractivity contribution in [2.75, 3.05) is 25.6 Å². The van der Waals surface area contributed by atoms with E-state index in [1.807, 2.05) is 24.3 Å². The summed E-state index contributed by atoms with van der Waals surface area (Å²) in [7, 11) is 1.54. The van der Waals surface area contributed by atoms with Crippen LogP contribution in [0.5, 0.6) is 0 Å². The third-order valence-corrected chi connectivity index (χ3v) is 7.11. The maximum Gasteiger partial charge on any atom is 0.411 e. The number of fused-ring (bicyclic) bond motifs is 1. The molecule has 13 heteroatoms. The van der Waals surface area contributed by atoms with Crippen molar-refractivity contribution in [1.82, 2.24) is 34.7 Å². The monoisotopic (exact) mass is 572 g/mol. The highest BCUT2D eigenvalue weighted by atomic mass is 35.5. The highest BCUT2D eigenvalue weighted by Crippen LogP contribution is 2.34. The molecule has 0 bridgehead atoms. The molecule has 41 heavy (non-hydrogen) atoms. The first kappa shape index (κ1) is 26.4. The molecule has 208 valence electrons. The molecule has 1 aliphatic rings. The van der Waals surface area contributed by atoms with Gasteiger partial charge in [-0.15, -0.1) is 5.10 Å². The minimum absolute atomic E-state index is 0.131. The first-order valence-electron chi connectivity index (χ1n) is 12.9. The molecule has 0 saturated carbocycles. The van der Waals surface area contributed by atoms with Crippen LogP contribution in [-0.4, -0.2) is 61.2 Å². The number of hydrogen-bond acceptors (Lipinski definition) is 8. The fourth-order valence-corrected chi connectivity index (χ4v) is 5.15. The highest BCUT2D eigenvalue weighted by Gasteiger charge is 2.28. The summed E-state index contributed by atoms with van der Waals surface area (Å²) in [5, 5.41) is 14.7. The molecule has 0 aliphatic carbocycles. The number of H-pyrrole nitrogens is 1. The second-order valence-corrected chi connectivity index (χ2v) is 9.86. The van der Waals surface area contributed by atoms with E-state index in [9.17, 15) is 9.59 Å². The lowest BCUT2D eigenvalue weighted by molar-refractivity contribution is 0.107. The molecule has 3 aromatic heterocycles. The quantitative estimate of drug-likeness (QED) is 0.263. The Morgan fingerprint density at radius 2 is 1.98 bits per heavy atom. The Balaban J connectivity index is 1.22. The van der Waals surface area contributed by atoms with Crippen LogP contribution in [0.4, 0.5) is 10.5 Å². The Kier molecular flexibility index (Phi) is 7.32. The second-order valence-electron chi connectivity index (χ2n) is 9.43. The summed E-state index contributed by atoms with van der Waals surface area (Å²) in [6, 6.07) is 16.1. The number of nitrogens with zero attached hydrogens (tertiary/aromatic N) is 6. The Morgan fingerprint density at radius 3 is 2.76 bits per heavy atom. The van der Waals surface area contributed by atoms with Crippen LogP contribution in [0.25, 0.3) is 28.1 Å². The zero-order valence-electron chi connectivity index (χ0n) is 22.0. The first-order valence-corrected chi connectivity index (χ1v) is 13.2. The molecule has 0 fully saturated rings. The maximum atomic E-state index is 13.4. The van der Waals surface area contributed by atoms with Gasteiger partial charge in [0.1, 0.15) is 18.8 Å². The van der Waals surface area contributed by atoms with E-state index in [0.29, 0.717) is 29.6 Å². The number of hydrogen-bond donors (Lipinski definition) is 2. The molecule has 2 aromatic carbocycles. The molecule has 0 spiro atoms. The number of aromatic nitrogens is 7. The Morgan fingerprint density at radius 1 is 1.12 bits per heavy atom. The number of benzene rings is 2. The Labute approximate surface area is 238 Å². The van der Waals surface area contributed by atoms with Crippen LogP contribution in [0.1, 0.15) is 24.0 Å². The largest absolute Gasteiger partial charge is 0.447 e. The molecule has 0 saturated heterocycles. The van der Waals surface area contributed by atoms with E-state index < -0.39 is 6.09 Å². The number of aryl methyl sites for hydroxylation is 1. The Hall–Kier alpha value is -4.81. The number of methoxy groups -OCH3 is 1. The number of ether oxygens (including phenoxy) is 2. The lowest BCUT2D eigenvalue weighted by Gasteiger charge is -2.15. The van der Waals surface area contributed by atoms with Crippen LogP contribution in [0.2, 0.25) is 5.02 Å². The number of amides is 1. The number of carbonyl (C=O) groups is 1. The number of aromatic amines is 1. The van der Waals surface area contributed by atoms with E-state index in [1.54, 1.807) is 52.9 Å². The van der Waals surface area contributed by atoms with Crippen molar-refractivity contribution in [2.45, 2.75) is 18.9 Å². The predicted molar refractivity (Wildman–Crippen MR) is 151 cm³/mol. The van der Waals surface area contributed by atoms with Gasteiger partial charge in [-0.2, -0.15) is 4.68 Å². The molecule has 4 heterocycles. The van der Waals surface area contributed by atoms with Crippen LogP contribution < -0.4 is 10.9 Å². The summed E-state index contributed by atoms with van der Waals surface area (Å²) in [4.78, 5) is 33.3. The van der Waals surface area contributed by atoms with E-state index in [1.165, 1.54) is 6.33 Å². The van der Waals surface area contributed by atoms with Gasteiger partial charge in [-0.25, -0.2) is 9.78 Å². The summed E-state index contributed by atoms with van der Waals surface area (Å²) in [6.45, 7) is 0.506. The van der Waals surface area contributed by atoms with Crippen molar-refractivity contribution in [2.24, 2.45) is 0 Å². The highest BCUT2D eigenvalue weighted by molar-refractivity contribution is 6.31. The van der Waals surface area contributed by atoms with Crippen molar-refractivity contribution in [3.8, 4) is 28.1 Å². The van der Waals surface area contributed by atoms with E-state index in [-0.39, 0.29) is 18.2 Å². The third-order valence-electron chi connectivity index (χ3n) is 6.87. The number of tetrazole rings is 1. The summed E-state index contributed by atoms with van der Waals surface area (Å²) in [6.07, 6.45) is 4.15. The van der Waals surface area contributed by atoms with Crippen LogP contribution in [0.3, 0.4) is 0 Å². The number of carbonyl (C=O) groups excluding carboxylic acids is 1. The second kappa shape index (κ2) is 11.4. The predicted octanol–water partition coefficient (Wildman–Crippen LogP) is 4.27. The van der Waals surface area contributed by atoms with Crippen molar-refractivity contribution < 1.29 is 14.3 Å². The summed E-state index contributed by atoms with van der Waals surface area (Å²) in [5.41, 5.74) is 5.29. The van der Waals surface area contributed by atoms with Gasteiger partial charge in [0.05, 0.1) is 30.2 Å². The molecule has 5 aromatic rings. The molecule has 1 amide bonds. The standard InChI is InChI=1S/C28H25ClN8O4/c1-40-10-11-41-28(39)32-20-5-2-17(3-6-20)23-15-30-27(33-23)25-9-7-21-12-18(13-26(38)37(21)25)22-14-19(29)4-8-24(22)36-16-31-34-35-36/h2-6,8,12-16,25H,7,9-11H2,1H3,(H,30,33)(H,32,39)/t25-/m0/s1. The molecular weight excluding hydrogens is 548 g/mol. The van der Waals surface area contributed by atoms with Gasteiger partial charge in [-0.1, -0.05) is 23.7 Å². The van der Waals surface area contributed by atoms with Crippen molar-refractivity contribution in [1.29, 1.82) is 0 Å². The number of nitrogens with one attached hydrogen (secondary N) is 2. The lowest BCUT2D eigenvalue weighted by atomic mass is 10.0. The molecule has 1 atom stereocenters. The Bertz CT molecular complexity index is 1750. The molecular formula is C28H25ClN8O4. The number of imidazole rings is 1. The number of pyridine rings is 1. The minimum atomic E-state index is -0.547. The average Bonchev–Trinajstić information content (AvgIpc) is 3.75. The van der Waals surface area contributed by atoms with Crippen molar-refractivity contribution >= 4 is 23.4 Å². The van der Waals surface area contributed by atoms with Crippen molar-refractivity contribution in [3.63, 3.8) is 0 Å². The molecule has 12 nitrogen and oxygen atoms in total. The van der Waals surface area contributed by atoms with Crippen molar-refractivity contribution in [3.05, 3.63) is 94.0 Å². The third kappa shape index (κ3) is 5.47. The first-order chi connectivity index (χ1) is 20.0. The lowest BCUT2D eigenvalue weighted by Crippen LogP contribution is -2.23. The summed E-state index contributed by atoms with van der Waals surface area (Å²) < 4.78 is 13.2. The number of rotatable bonds is 8. The zero-order valence-corrected chi connectivity index (χ0v) is 22.7. The van der Waals surface area contributed by atoms with Gasteiger partial charge in [0.15, 0.2) is 0 Å². The van der Waals surface area contributed by atoms with E-state index in [0.717, 1.165) is 40.2 Å². The molecule has 2 N–H and O–H groups in total. The van der Waals surface area contributed by atoms with Gasteiger partial charge in [-0.05, 0) is 70.8 Å². The van der Waals surface area contributed by atoms with Crippen LogP contribution in [0.15, 0.2) is 71.9 Å². The zero-order chi connectivity index (χ0) is 28.3. The minimum Gasteiger partial charge on any atom is -0.447 e. The van der Waals surface area contributed by atoms with Crippen LogP contribution in [-0.2, 0) is 15.9 Å². The van der Waals surface area contributed by atoms with Crippen LogP contribution >= 0.6 is 11.6 Å². The SMILES string of the molecule is COCCOC(=O)Nc1ccc(-c2cnc([C@@H]3CCc4cc(-c5cc(Cl)ccc5-n5cnnn5)cc(=O)n43)[nH]2)cc1. The normalized spacial score (nSPS) is 14.1. The van der Waals surface area contributed by atoms with Gasteiger partial charge < -0.3 is 19.0 Å². The maximum absolute atomic E-state index is 13.4. The molecule has 6 rings (SSSR count). The van der Waals surface area contributed by atoms with Gasteiger partial charge in [0.2, 0.25) is 0 Å². The topological polar surface area (TPSA) is 142 Å². The van der Waals surface area contributed by atoms with E-state index >= 15 is 0 Å². The number of anilines is 1. The molecule has 0 unspecified atom stereocenters. The average molecular weight is 573 g/mol. The van der Waals surface area contributed by atoms with E-state index in [2.05, 4.69) is 30.8 Å². The fourth-order valence-electron chi connectivity index (χ4n) is 4.98. The number of halogens is 1. The van der Waals surface area contributed by atoms with Gasteiger partial charge in [0, 0.05) is 35.1 Å². The fraction of sp³-hybridized carbons (Fsp3) is 0.214.